The van der Waals surface area contributed by atoms with E-state index >= 15 is 0 Å². The third kappa shape index (κ3) is 37.6. The third-order valence-corrected chi connectivity index (χ3v) is 9.04. The average molecular weight is 795 g/mol. The topological polar surface area (TPSA) is 99.1 Å². The number of ether oxygens (including phenoxy) is 3. The van der Waals surface area contributed by atoms with Crippen LogP contribution in [0.2, 0.25) is 0 Å². The van der Waals surface area contributed by atoms with Crippen molar-refractivity contribution >= 4 is 17.9 Å². The van der Waals surface area contributed by atoms with E-state index in [-0.39, 0.29) is 36.2 Å². The van der Waals surface area contributed by atoms with Crippen molar-refractivity contribution < 1.29 is 38.2 Å². The number of unbranched alkanes of at least 4 members (excludes halogenated alkanes) is 9. The lowest BCUT2D eigenvalue weighted by Gasteiger charge is -2.31. The number of hydrogen-bond donors (Lipinski definition) is 1. The van der Waals surface area contributed by atoms with Crippen LogP contribution in [0.4, 0.5) is 0 Å². The number of carbonyl (C=O) groups excluding carboxylic acids is 2. The van der Waals surface area contributed by atoms with E-state index in [2.05, 4.69) is 98.9 Å². The van der Waals surface area contributed by atoms with Crippen molar-refractivity contribution in [2.75, 3.05) is 41.0 Å². The molecule has 0 spiro atoms. The van der Waals surface area contributed by atoms with Crippen molar-refractivity contribution in [2.24, 2.45) is 0 Å². The zero-order valence-electron chi connectivity index (χ0n) is 36.5. The summed E-state index contributed by atoms with van der Waals surface area (Å²) in [6.07, 6.45) is 51.7. The highest BCUT2D eigenvalue weighted by molar-refractivity contribution is 5.72. The van der Waals surface area contributed by atoms with E-state index in [1.54, 1.807) is 0 Å². The zero-order valence-corrected chi connectivity index (χ0v) is 36.5. The second kappa shape index (κ2) is 39.1. The first-order valence-electron chi connectivity index (χ1n) is 21.8. The Hall–Kier alpha value is -3.75. The predicted octanol–water partition coefficient (Wildman–Crippen LogP) is 11.9. The lowest BCUT2D eigenvalue weighted by atomic mass is 10.1. The third-order valence-electron chi connectivity index (χ3n) is 9.04. The van der Waals surface area contributed by atoms with Gasteiger partial charge in [-0.15, -0.1) is 0 Å². The standard InChI is InChI=1S/C49H79NO7/c1-6-8-10-12-14-16-18-20-21-22-23-24-25-26-28-29-31-33-35-37-39-47(51)56-44-45(43-55-42-41-46(49(53)54)50(3,4)5)57-48(52)40-38-36-34-32-30-27-19-17-15-13-11-9-7-2/h8-11,13-17,19-21,23-24,26,28,45-46H,6-7,12,18,22,25,27,29-44H2,1-5H3/p+1/b10-8+,11-9+,15-13+,16-14+,19-17+,21-20+,24-23+,28-26+. The largest absolute Gasteiger partial charge is 0.477 e. The maximum atomic E-state index is 12.7. The van der Waals surface area contributed by atoms with Crippen molar-refractivity contribution in [2.45, 2.75) is 154 Å². The molecule has 0 aliphatic carbocycles. The van der Waals surface area contributed by atoms with Gasteiger partial charge in [0.15, 0.2) is 12.1 Å². The molecule has 0 aliphatic rings. The SMILES string of the molecule is CC/C=C/C=C/C=C/CCCCCCCC(=O)OC(COCCC(C(=O)O)[N+](C)(C)C)COC(=O)CCCCCC/C=C/C/C=C/C/C=C/C/C=C/C/C=C/CC. The molecule has 57 heavy (non-hydrogen) atoms. The average Bonchev–Trinajstić information content (AvgIpc) is 3.17. The number of aliphatic carboxylic acids is 1. The summed E-state index contributed by atoms with van der Waals surface area (Å²) in [6.45, 7) is 4.41. The molecule has 8 nitrogen and oxygen atoms in total. The van der Waals surface area contributed by atoms with Crippen LogP contribution in [-0.4, -0.2) is 80.6 Å². The Kier molecular flexibility index (Phi) is 36.5. The molecule has 0 aromatic heterocycles. The van der Waals surface area contributed by atoms with Crippen molar-refractivity contribution in [3.05, 3.63) is 97.2 Å². The van der Waals surface area contributed by atoms with Gasteiger partial charge in [0.2, 0.25) is 0 Å². The van der Waals surface area contributed by atoms with Crippen LogP contribution in [0, 0.1) is 0 Å². The van der Waals surface area contributed by atoms with E-state index < -0.39 is 18.1 Å². The molecule has 0 rings (SSSR count). The van der Waals surface area contributed by atoms with Gasteiger partial charge in [-0.2, -0.15) is 0 Å². The lowest BCUT2D eigenvalue weighted by molar-refractivity contribution is -0.887. The summed E-state index contributed by atoms with van der Waals surface area (Å²) in [6, 6.07) is -0.628. The number of nitrogens with zero attached hydrogens (tertiary/aromatic N) is 1. The fraction of sp³-hybridized carbons (Fsp3) is 0.612. The summed E-state index contributed by atoms with van der Waals surface area (Å²) in [7, 11) is 5.49. The van der Waals surface area contributed by atoms with Gasteiger partial charge in [-0.3, -0.25) is 9.59 Å². The van der Waals surface area contributed by atoms with Crippen LogP contribution >= 0.6 is 0 Å². The molecule has 0 aliphatic heterocycles. The van der Waals surface area contributed by atoms with E-state index in [9.17, 15) is 19.5 Å². The minimum Gasteiger partial charge on any atom is -0.477 e. The van der Waals surface area contributed by atoms with E-state index in [4.69, 9.17) is 14.2 Å². The molecule has 0 fully saturated rings. The van der Waals surface area contributed by atoms with Crippen LogP contribution in [0.25, 0.3) is 0 Å². The number of carbonyl (C=O) groups is 3. The number of carboxylic acids is 1. The van der Waals surface area contributed by atoms with Crippen LogP contribution in [0.3, 0.4) is 0 Å². The molecule has 322 valence electrons. The minimum atomic E-state index is -0.888. The molecular weight excluding hydrogens is 715 g/mol. The minimum absolute atomic E-state index is 0.0376. The molecule has 0 aromatic rings. The number of hydrogen-bond acceptors (Lipinski definition) is 6. The van der Waals surface area contributed by atoms with Gasteiger partial charge in [0, 0.05) is 19.3 Å². The Labute approximate surface area is 347 Å². The first-order chi connectivity index (χ1) is 27.6. The van der Waals surface area contributed by atoms with Gasteiger partial charge in [0.05, 0.1) is 34.4 Å². The first kappa shape index (κ1) is 53.2. The normalized spacial score (nSPS) is 13.9. The van der Waals surface area contributed by atoms with E-state index in [0.29, 0.717) is 19.3 Å². The summed E-state index contributed by atoms with van der Waals surface area (Å²) in [5.74, 6) is -1.54. The Morgan fingerprint density at radius 1 is 0.544 bits per heavy atom. The quantitative estimate of drug-likeness (QED) is 0.0220. The van der Waals surface area contributed by atoms with Gasteiger partial charge in [0.1, 0.15) is 6.61 Å². The summed E-state index contributed by atoms with van der Waals surface area (Å²) < 4.78 is 17.2. The van der Waals surface area contributed by atoms with Crippen molar-refractivity contribution in [3.63, 3.8) is 0 Å². The number of rotatable bonds is 37. The van der Waals surface area contributed by atoms with E-state index in [0.717, 1.165) is 109 Å². The van der Waals surface area contributed by atoms with Gasteiger partial charge in [0.25, 0.3) is 0 Å². The smallest absolute Gasteiger partial charge is 0.362 e. The fourth-order valence-corrected chi connectivity index (χ4v) is 5.70. The van der Waals surface area contributed by atoms with Crippen LogP contribution in [0.5, 0.6) is 0 Å². The van der Waals surface area contributed by atoms with E-state index in [1.807, 2.05) is 33.3 Å². The van der Waals surface area contributed by atoms with Crippen molar-refractivity contribution in [1.29, 1.82) is 0 Å². The lowest BCUT2D eigenvalue weighted by Crippen LogP contribution is -2.50. The van der Waals surface area contributed by atoms with E-state index in [1.165, 1.54) is 0 Å². The number of likely N-dealkylation sites (N-methyl/N-ethyl adjacent to an activating group) is 1. The van der Waals surface area contributed by atoms with Crippen LogP contribution in [-0.2, 0) is 28.6 Å². The summed E-state index contributed by atoms with van der Waals surface area (Å²) in [5, 5.41) is 9.61. The van der Waals surface area contributed by atoms with Crippen LogP contribution in [0.1, 0.15) is 142 Å². The Bertz CT molecular complexity index is 1250. The molecule has 0 bridgehead atoms. The second-order valence-electron chi connectivity index (χ2n) is 15.2. The van der Waals surface area contributed by atoms with Gasteiger partial charge >= 0.3 is 17.9 Å². The molecule has 0 saturated heterocycles. The zero-order chi connectivity index (χ0) is 42.1. The van der Waals surface area contributed by atoms with Gasteiger partial charge in [-0.05, 0) is 77.0 Å². The number of esters is 2. The molecule has 2 atom stereocenters. The highest BCUT2D eigenvalue weighted by Crippen LogP contribution is 2.12. The van der Waals surface area contributed by atoms with Gasteiger partial charge in [-0.1, -0.05) is 143 Å². The molecule has 1 N–H and O–H groups in total. The maximum Gasteiger partial charge on any atom is 0.362 e. The molecule has 0 amide bonds. The Morgan fingerprint density at radius 2 is 1.02 bits per heavy atom. The molecule has 8 heteroatoms. The maximum absolute atomic E-state index is 12.7. The van der Waals surface area contributed by atoms with Crippen LogP contribution < -0.4 is 0 Å². The first-order valence-corrected chi connectivity index (χ1v) is 21.8. The number of quaternary nitrogens is 1. The van der Waals surface area contributed by atoms with Gasteiger partial charge < -0.3 is 23.8 Å². The molecular formula is C49H80NO7+. The Morgan fingerprint density at radius 3 is 1.56 bits per heavy atom. The summed E-state index contributed by atoms with van der Waals surface area (Å²) in [4.78, 5) is 37.0. The molecule has 0 saturated carbocycles. The molecule has 0 radical (unpaired) electrons. The number of carboxylic acid groups (broad SMARTS) is 1. The van der Waals surface area contributed by atoms with Gasteiger partial charge in [-0.25, -0.2) is 4.79 Å². The predicted molar refractivity (Wildman–Crippen MR) is 238 cm³/mol. The number of allylic oxidation sites excluding steroid dienone is 16. The molecule has 0 aromatic carbocycles. The monoisotopic (exact) mass is 795 g/mol. The molecule has 0 heterocycles. The summed E-state index contributed by atoms with van der Waals surface area (Å²) >= 11 is 0. The summed E-state index contributed by atoms with van der Waals surface area (Å²) in [5.41, 5.74) is 0. The fourth-order valence-electron chi connectivity index (χ4n) is 5.70. The van der Waals surface area contributed by atoms with Crippen molar-refractivity contribution in [1.82, 2.24) is 0 Å². The second-order valence-corrected chi connectivity index (χ2v) is 15.2. The highest BCUT2D eigenvalue weighted by Gasteiger charge is 2.31. The van der Waals surface area contributed by atoms with Crippen LogP contribution in [0.15, 0.2) is 97.2 Å². The highest BCUT2D eigenvalue weighted by atomic mass is 16.6. The molecule has 2 unspecified atom stereocenters. The van der Waals surface area contributed by atoms with Crippen molar-refractivity contribution in [3.8, 4) is 0 Å². The Balaban J connectivity index is 4.42.